The molecule has 0 saturated heterocycles. The fourth-order valence-corrected chi connectivity index (χ4v) is 3.39. The molecule has 2 fully saturated rings. The van der Waals surface area contributed by atoms with E-state index in [1.54, 1.807) is 0 Å². The zero-order chi connectivity index (χ0) is 14.8. The summed E-state index contributed by atoms with van der Waals surface area (Å²) in [5.74, 6) is 1.86. The van der Waals surface area contributed by atoms with Gasteiger partial charge < -0.3 is 11.1 Å². The summed E-state index contributed by atoms with van der Waals surface area (Å²) in [7, 11) is 0. The molecule has 2 saturated carbocycles. The summed E-state index contributed by atoms with van der Waals surface area (Å²) in [6.07, 6.45) is 8.63. The van der Waals surface area contributed by atoms with Gasteiger partial charge in [-0.15, -0.1) is 0 Å². The van der Waals surface area contributed by atoms with Crippen LogP contribution in [0.4, 0.5) is 5.69 Å². The van der Waals surface area contributed by atoms with E-state index in [1.165, 1.54) is 32.1 Å². The molecule has 1 heterocycles. The number of nitrogens with zero attached hydrogens (tertiary/aromatic N) is 1. The van der Waals surface area contributed by atoms with Crippen LogP contribution < -0.4 is 11.1 Å². The van der Waals surface area contributed by atoms with Crippen LogP contribution in [0, 0.1) is 11.8 Å². The first-order valence-corrected chi connectivity index (χ1v) is 8.31. The van der Waals surface area contributed by atoms with Crippen LogP contribution in [-0.2, 0) is 0 Å². The molecule has 0 aliphatic heterocycles. The third kappa shape index (κ3) is 3.22. The van der Waals surface area contributed by atoms with Gasteiger partial charge in [0.1, 0.15) is 0 Å². The number of nitrogen functional groups attached to an aromatic ring is 1. The SMILES string of the molecule is CCC1CCC(CNC(=O)c2n[nH]c(C3CC3)c2N)CC1. The number of aromatic amines is 1. The number of nitrogens with two attached hydrogens (primary N) is 1. The van der Waals surface area contributed by atoms with Crippen molar-refractivity contribution >= 4 is 11.6 Å². The molecule has 0 unspecified atom stereocenters. The van der Waals surface area contributed by atoms with Crippen molar-refractivity contribution in [2.24, 2.45) is 11.8 Å². The first-order valence-electron chi connectivity index (χ1n) is 8.31. The monoisotopic (exact) mass is 290 g/mol. The summed E-state index contributed by atoms with van der Waals surface area (Å²) in [6.45, 7) is 3.02. The molecule has 1 aromatic heterocycles. The minimum Gasteiger partial charge on any atom is -0.395 e. The van der Waals surface area contributed by atoms with Crippen molar-refractivity contribution in [2.45, 2.75) is 57.8 Å². The summed E-state index contributed by atoms with van der Waals surface area (Å²) in [4.78, 5) is 12.2. The van der Waals surface area contributed by atoms with Crippen LogP contribution in [0.15, 0.2) is 0 Å². The maximum Gasteiger partial charge on any atom is 0.273 e. The summed E-state index contributed by atoms with van der Waals surface area (Å²) < 4.78 is 0. The number of amides is 1. The fourth-order valence-electron chi connectivity index (χ4n) is 3.39. The van der Waals surface area contributed by atoms with Gasteiger partial charge in [-0.1, -0.05) is 26.2 Å². The number of carbonyl (C=O) groups excluding carboxylic acids is 1. The van der Waals surface area contributed by atoms with E-state index in [-0.39, 0.29) is 5.91 Å². The Bertz CT molecular complexity index is 498. The Morgan fingerprint density at radius 3 is 2.52 bits per heavy atom. The first-order chi connectivity index (χ1) is 10.2. The highest BCUT2D eigenvalue weighted by molar-refractivity contribution is 5.97. The van der Waals surface area contributed by atoms with Gasteiger partial charge >= 0.3 is 0 Å². The van der Waals surface area contributed by atoms with Crippen LogP contribution >= 0.6 is 0 Å². The maximum atomic E-state index is 12.2. The molecule has 21 heavy (non-hydrogen) atoms. The lowest BCUT2D eigenvalue weighted by atomic mass is 9.81. The zero-order valence-corrected chi connectivity index (χ0v) is 12.8. The predicted octanol–water partition coefficient (Wildman–Crippen LogP) is 2.82. The number of hydrogen-bond donors (Lipinski definition) is 3. The van der Waals surface area contributed by atoms with Crippen LogP contribution in [-0.4, -0.2) is 22.6 Å². The molecule has 2 aliphatic carbocycles. The van der Waals surface area contributed by atoms with Crippen molar-refractivity contribution in [1.29, 1.82) is 0 Å². The molecular formula is C16H26N4O. The van der Waals surface area contributed by atoms with E-state index in [1.807, 2.05) is 0 Å². The van der Waals surface area contributed by atoms with Gasteiger partial charge in [-0.05, 0) is 37.5 Å². The summed E-state index contributed by atoms with van der Waals surface area (Å²) in [6, 6.07) is 0. The number of hydrogen-bond acceptors (Lipinski definition) is 3. The summed E-state index contributed by atoms with van der Waals surface area (Å²) in [5, 5.41) is 10.0. The minimum absolute atomic E-state index is 0.131. The quantitative estimate of drug-likeness (QED) is 0.779. The average molecular weight is 290 g/mol. The number of nitrogens with one attached hydrogen (secondary N) is 2. The minimum atomic E-state index is -0.131. The molecule has 0 atom stereocenters. The Hall–Kier alpha value is -1.52. The number of rotatable bonds is 5. The molecule has 1 amide bonds. The third-order valence-corrected chi connectivity index (χ3v) is 5.13. The second-order valence-corrected chi connectivity index (χ2v) is 6.68. The van der Waals surface area contributed by atoms with Gasteiger partial charge in [0.2, 0.25) is 0 Å². The Kier molecular flexibility index (Phi) is 4.17. The van der Waals surface area contributed by atoms with Gasteiger partial charge in [0.05, 0.1) is 11.4 Å². The van der Waals surface area contributed by atoms with E-state index in [4.69, 9.17) is 5.73 Å². The van der Waals surface area contributed by atoms with Crippen molar-refractivity contribution < 1.29 is 4.79 Å². The number of H-pyrrole nitrogens is 1. The maximum absolute atomic E-state index is 12.2. The van der Waals surface area contributed by atoms with E-state index < -0.39 is 0 Å². The zero-order valence-electron chi connectivity index (χ0n) is 12.8. The molecule has 0 bridgehead atoms. The van der Waals surface area contributed by atoms with E-state index in [2.05, 4.69) is 22.4 Å². The molecule has 5 heteroatoms. The van der Waals surface area contributed by atoms with E-state index >= 15 is 0 Å². The van der Waals surface area contributed by atoms with Crippen molar-refractivity contribution in [3.63, 3.8) is 0 Å². The Balaban J connectivity index is 1.50. The van der Waals surface area contributed by atoms with Gasteiger partial charge in [-0.25, -0.2) is 0 Å². The van der Waals surface area contributed by atoms with Crippen molar-refractivity contribution in [1.82, 2.24) is 15.5 Å². The topological polar surface area (TPSA) is 83.8 Å². The highest BCUT2D eigenvalue weighted by atomic mass is 16.1. The van der Waals surface area contributed by atoms with Gasteiger partial charge in [0, 0.05) is 12.5 Å². The van der Waals surface area contributed by atoms with Gasteiger partial charge in [-0.2, -0.15) is 5.10 Å². The standard InChI is InChI=1S/C16H26N4O/c1-2-10-3-5-11(6-4-10)9-18-16(21)15-13(17)14(19-20-15)12-7-8-12/h10-12H,2-9,17H2,1H3,(H,18,21)(H,19,20). The second-order valence-electron chi connectivity index (χ2n) is 6.68. The number of anilines is 1. The summed E-state index contributed by atoms with van der Waals surface area (Å²) in [5.41, 5.74) is 7.90. The van der Waals surface area contributed by atoms with Crippen molar-refractivity contribution in [3.05, 3.63) is 11.4 Å². The predicted molar refractivity (Wildman–Crippen MR) is 83.0 cm³/mol. The lowest BCUT2D eigenvalue weighted by Crippen LogP contribution is -2.31. The van der Waals surface area contributed by atoms with E-state index in [9.17, 15) is 4.79 Å². The molecule has 1 aromatic rings. The normalized spacial score (nSPS) is 25.8. The highest BCUT2D eigenvalue weighted by Crippen LogP contribution is 2.42. The second kappa shape index (κ2) is 6.08. The van der Waals surface area contributed by atoms with Gasteiger partial charge in [0.25, 0.3) is 5.91 Å². The Morgan fingerprint density at radius 2 is 1.90 bits per heavy atom. The van der Waals surface area contributed by atoms with Crippen LogP contribution in [0.5, 0.6) is 0 Å². The highest BCUT2D eigenvalue weighted by Gasteiger charge is 2.30. The van der Waals surface area contributed by atoms with Crippen LogP contribution in [0.25, 0.3) is 0 Å². The van der Waals surface area contributed by atoms with E-state index in [0.29, 0.717) is 23.2 Å². The van der Waals surface area contributed by atoms with Gasteiger partial charge in [-0.3, -0.25) is 9.89 Å². The lowest BCUT2D eigenvalue weighted by molar-refractivity contribution is 0.0937. The van der Waals surface area contributed by atoms with Gasteiger partial charge in [0.15, 0.2) is 5.69 Å². The summed E-state index contributed by atoms with van der Waals surface area (Å²) >= 11 is 0. The molecule has 116 valence electrons. The average Bonchev–Trinajstić information content (AvgIpc) is 3.28. The van der Waals surface area contributed by atoms with Crippen molar-refractivity contribution in [2.75, 3.05) is 12.3 Å². The molecular weight excluding hydrogens is 264 g/mol. The van der Waals surface area contributed by atoms with Crippen LogP contribution in [0.2, 0.25) is 0 Å². The van der Waals surface area contributed by atoms with E-state index in [0.717, 1.165) is 31.0 Å². The number of carbonyl (C=O) groups is 1. The van der Waals surface area contributed by atoms with Crippen LogP contribution in [0.3, 0.4) is 0 Å². The molecule has 3 rings (SSSR count). The molecule has 5 nitrogen and oxygen atoms in total. The largest absolute Gasteiger partial charge is 0.395 e. The third-order valence-electron chi connectivity index (χ3n) is 5.13. The number of aromatic nitrogens is 2. The smallest absolute Gasteiger partial charge is 0.273 e. The molecule has 0 spiro atoms. The van der Waals surface area contributed by atoms with Crippen molar-refractivity contribution in [3.8, 4) is 0 Å². The Morgan fingerprint density at radius 1 is 1.24 bits per heavy atom. The lowest BCUT2D eigenvalue weighted by Gasteiger charge is -2.27. The first kappa shape index (κ1) is 14.4. The Labute approximate surface area is 126 Å². The fraction of sp³-hybridized carbons (Fsp3) is 0.750. The molecule has 2 aliphatic rings. The van der Waals surface area contributed by atoms with Crippen LogP contribution in [0.1, 0.15) is 74.0 Å². The molecule has 4 N–H and O–H groups in total. The molecule has 0 radical (unpaired) electrons. The molecule has 0 aromatic carbocycles.